The molecule has 0 fully saturated rings. The zero-order valence-corrected chi connectivity index (χ0v) is 16.3. The van der Waals surface area contributed by atoms with Crippen LogP contribution >= 0.6 is 0 Å². The van der Waals surface area contributed by atoms with Crippen LogP contribution in [0.25, 0.3) is 0 Å². The molecule has 7 heteroatoms. The molecule has 0 spiro atoms. The molecular weight excluding hydrogens is 358 g/mol. The average molecular weight is 383 g/mol. The fourth-order valence-electron chi connectivity index (χ4n) is 2.44. The molecule has 0 atom stereocenters. The van der Waals surface area contributed by atoms with E-state index >= 15 is 0 Å². The maximum Gasteiger partial charge on any atom is 0.240 e. The predicted octanol–water partition coefficient (Wildman–Crippen LogP) is 3.28. The Morgan fingerprint density at radius 2 is 1.89 bits per heavy atom. The van der Waals surface area contributed by atoms with Crippen molar-refractivity contribution in [1.82, 2.24) is 5.43 Å². The molecule has 0 bridgehead atoms. The average Bonchev–Trinajstić information content (AvgIpc) is 2.66. The molecule has 3 N–H and O–H groups in total. The summed E-state index contributed by atoms with van der Waals surface area (Å²) >= 11 is 0. The van der Waals surface area contributed by atoms with E-state index in [4.69, 9.17) is 4.74 Å². The second kappa shape index (κ2) is 10.1. The highest BCUT2D eigenvalue weighted by atomic mass is 16.5. The van der Waals surface area contributed by atoms with Crippen molar-refractivity contribution in [3.05, 3.63) is 53.1 Å². The van der Waals surface area contributed by atoms with E-state index in [2.05, 4.69) is 15.8 Å². The van der Waals surface area contributed by atoms with Gasteiger partial charge >= 0.3 is 0 Å². The number of phenolic OH excluding ortho intramolecular Hbond substituents is 1. The molecule has 2 rings (SSSR count). The van der Waals surface area contributed by atoms with Crippen molar-refractivity contribution in [3.63, 3.8) is 0 Å². The van der Waals surface area contributed by atoms with E-state index in [1.807, 2.05) is 39.0 Å². The van der Waals surface area contributed by atoms with Crippen molar-refractivity contribution in [3.8, 4) is 11.5 Å². The molecule has 0 heterocycles. The van der Waals surface area contributed by atoms with Crippen LogP contribution in [0.2, 0.25) is 0 Å². The Bertz CT molecular complexity index is 878. The molecule has 0 aromatic heterocycles. The molecule has 0 saturated heterocycles. The van der Waals surface area contributed by atoms with E-state index in [9.17, 15) is 14.7 Å². The lowest BCUT2D eigenvalue weighted by Gasteiger charge is -2.10. The van der Waals surface area contributed by atoms with Gasteiger partial charge in [-0.3, -0.25) is 9.59 Å². The molecule has 0 saturated carbocycles. The van der Waals surface area contributed by atoms with Crippen molar-refractivity contribution in [1.29, 1.82) is 0 Å². The van der Waals surface area contributed by atoms with Crippen molar-refractivity contribution in [2.75, 3.05) is 11.9 Å². The predicted molar refractivity (Wildman–Crippen MR) is 109 cm³/mol. The second-order valence-corrected chi connectivity index (χ2v) is 6.25. The van der Waals surface area contributed by atoms with Gasteiger partial charge in [0.25, 0.3) is 0 Å². The third-order valence-electron chi connectivity index (χ3n) is 4.14. The summed E-state index contributed by atoms with van der Waals surface area (Å²) in [4.78, 5) is 23.9. The van der Waals surface area contributed by atoms with Gasteiger partial charge < -0.3 is 15.2 Å². The van der Waals surface area contributed by atoms with Gasteiger partial charge in [-0.1, -0.05) is 12.1 Å². The SMILES string of the molecule is CCOc1cc(/C=N/NC(=O)CCC(=O)Nc2cccc(C)c2C)ccc1O. The quantitative estimate of drug-likeness (QED) is 0.481. The van der Waals surface area contributed by atoms with Crippen molar-refractivity contribution < 1.29 is 19.4 Å². The number of hydrazone groups is 1. The van der Waals surface area contributed by atoms with Gasteiger partial charge in [0.1, 0.15) is 0 Å². The number of aromatic hydroxyl groups is 1. The van der Waals surface area contributed by atoms with Gasteiger partial charge in [-0.25, -0.2) is 5.43 Å². The van der Waals surface area contributed by atoms with Gasteiger partial charge in [0.15, 0.2) is 11.5 Å². The minimum Gasteiger partial charge on any atom is -0.504 e. The summed E-state index contributed by atoms with van der Waals surface area (Å²) in [5, 5.41) is 16.3. The minimum atomic E-state index is -0.365. The summed E-state index contributed by atoms with van der Waals surface area (Å²) in [5.41, 5.74) is 5.89. The zero-order chi connectivity index (χ0) is 20.5. The lowest BCUT2D eigenvalue weighted by molar-refractivity contribution is -0.124. The number of rotatable bonds is 8. The van der Waals surface area contributed by atoms with Crippen molar-refractivity contribution in [2.45, 2.75) is 33.6 Å². The molecule has 2 aromatic rings. The molecule has 0 aliphatic rings. The first-order chi connectivity index (χ1) is 13.4. The monoisotopic (exact) mass is 383 g/mol. The van der Waals surface area contributed by atoms with Crippen molar-refractivity contribution >= 4 is 23.7 Å². The number of hydrogen-bond acceptors (Lipinski definition) is 5. The van der Waals surface area contributed by atoms with Crippen LogP contribution < -0.4 is 15.5 Å². The van der Waals surface area contributed by atoms with Crippen molar-refractivity contribution in [2.24, 2.45) is 5.10 Å². The normalized spacial score (nSPS) is 10.7. The van der Waals surface area contributed by atoms with Crippen LogP contribution in [-0.4, -0.2) is 29.7 Å². The first-order valence-corrected chi connectivity index (χ1v) is 9.04. The van der Waals surface area contributed by atoms with E-state index in [1.54, 1.807) is 12.1 Å². The number of hydrogen-bond donors (Lipinski definition) is 3. The maximum absolute atomic E-state index is 12.0. The first kappa shape index (κ1) is 21.0. The standard InChI is InChI=1S/C21H25N3O4/c1-4-28-19-12-16(8-9-18(19)25)13-22-24-21(27)11-10-20(26)23-17-7-5-6-14(2)15(17)3/h5-9,12-13,25H,4,10-11H2,1-3H3,(H,23,26)(H,24,27)/b22-13+. The number of nitrogens with one attached hydrogen (secondary N) is 2. The molecule has 0 radical (unpaired) electrons. The fourth-order valence-corrected chi connectivity index (χ4v) is 2.44. The molecule has 148 valence electrons. The Morgan fingerprint density at radius 3 is 2.64 bits per heavy atom. The second-order valence-electron chi connectivity index (χ2n) is 6.25. The number of benzene rings is 2. The highest BCUT2D eigenvalue weighted by molar-refractivity contribution is 5.94. The number of nitrogens with zero attached hydrogens (tertiary/aromatic N) is 1. The molecule has 0 unspecified atom stereocenters. The zero-order valence-electron chi connectivity index (χ0n) is 16.3. The van der Waals surface area contributed by atoms with Crippen LogP contribution in [-0.2, 0) is 9.59 Å². The van der Waals surface area contributed by atoms with Crippen LogP contribution in [0.4, 0.5) is 5.69 Å². The molecule has 28 heavy (non-hydrogen) atoms. The topological polar surface area (TPSA) is 100 Å². The van der Waals surface area contributed by atoms with Gasteiger partial charge in [-0.15, -0.1) is 0 Å². The summed E-state index contributed by atoms with van der Waals surface area (Å²) in [6, 6.07) is 10.4. The van der Waals surface area contributed by atoms with E-state index in [0.29, 0.717) is 17.9 Å². The first-order valence-electron chi connectivity index (χ1n) is 9.04. The van der Waals surface area contributed by atoms with Crippen LogP contribution in [0.1, 0.15) is 36.5 Å². The molecular formula is C21H25N3O4. The third kappa shape index (κ3) is 6.12. The highest BCUT2D eigenvalue weighted by Gasteiger charge is 2.09. The number of anilines is 1. The van der Waals surface area contributed by atoms with E-state index < -0.39 is 0 Å². The number of carbonyl (C=O) groups is 2. The van der Waals surface area contributed by atoms with E-state index in [1.165, 1.54) is 12.3 Å². The van der Waals surface area contributed by atoms with Gasteiger partial charge in [0, 0.05) is 18.5 Å². The smallest absolute Gasteiger partial charge is 0.240 e. The summed E-state index contributed by atoms with van der Waals surface area (Å²) in [6.07, 6.45) is 1.52. The summed E-state index contributed by atoms with van der Waals surface area (Å²) in [6.45, 7) is 6.15. The molecule has 2 amide bonds. The fraction of sp³-hybridized carbons (Fsp3) is 0.286. The summed E-state index contributed by atoms with van der Waals surface area (Å²) in [7, 11) is 0. The Morgan fingerprint density at radius 1 is 1.14 bits per heavy atom. The molecule has 0 aliphatic carbocycles. The molecule has 7 nitrogen and oxygen atoms in total. The lowest BCUT2D eigenvalue weighted by Crippen LogP contribution is -2.21. The number of phenols is 1. The van der Waals surface area contributed by atoms with Gasteiger partial charge in [0.2, 0.25) is 11.8 Å². The number of ether oxygens (including phenoxy) is 1. The largest absolute Gasteiger partial charge is 0.504 e. The van der Waals surface area contributed by atoms with Crippen LogP contribution in [0, 0.1) is 13.8 Å². The Hall–Kier alpha value is -3.35. The van der Waals surface area contributed by atoms with Gasteiger partial charge in [-0.2, -0.15) is 5.10 Å². The summed E-state index contributed by atoms with van der Waals surface area (Å²) in [5.74, 6) is -0.206. The van der Waals surface area contributed by atoms with Crippen LogP contribution in [0.3, 0.4) is 0 Å². The minimum absolute atomic E-state index is 0.0216. The summed E-state index contributed by atoms with van der Waals surface area (Å²) < 4.78 is 5.29. The Balaban J connectivity index is 1.81. The number of aryl methyl sites for hydroxylation is 1. The van der Waals surface area contributed by atoms with Gasteiger partial charge in [0.05, 0.1) is 12.8 Å². The molecule has 2 aromatic carbocycles. The van der Waals surface area contributed by atoms with Crippen LogP contribution in [0.15, 0.2) is 41.5 Å². The molecule has 0 aliphatic heterocycles. The lowest BCUT2D eigenvalue weighted by atomic mass is 10.1. The third-order valence-corrected chi connectivity index (χ3v) is 4.14. The Kier molecular flexibility index (Phi) is 7.56. The van der Waals surface area contributed by atoms with Gasteiger partial charge in [-0.05, 0) is 61.7 Å². The Labute approximate surface area is 164 Å². The number of amides is 2. The number of carbonyl (C=O) groups excluding carboxylic acids is 2. The van der Waals surface area contributed by atoms with E-state index in [-0.39, 0.29) is 30.4 Å². The van der Waals surface area contributed by atoms with E-state index in [0.717, 1.165) is 16.8 Å². The maximum atomic E-state index is 12.0. The van der Waals surface area contributed by atoms with Crippen LogP contribution in [0.5, 0.6) is 11.5 Å². The highest BCUT2D eigenvalue weighted by Crippen LogP contribution is 2.26.